The van der Waals surface area contributed by atoms with Gasteiger partial charge in [-0.1, -0.05) is 20.8 Å². The Hall–Kier alpha value is -0.380. The van der Waals surface area contributed by atoms with E-state index in [9.17, 15) is 5.11 Å². The lowest BCUT2D eigenvalue weighted by Gasteiger charge is -2.34. The van der Waals surface area contributed by atoms with E-state index in [1.807, 2.05) is 25.3 Å². The summed E-state index contributed by atoms with van der Waals surface area (Å²) in [6, 6.07) is 2.04. The summed E-state index contributed by atoms with van der Waals surface area (Å²) >= 11 is 1.60. The Morgan fingerprint density at radius 2 is 2.06 bits per heavy atom. The molecule has 0 radical (unpaired) electrons. The molecule has 1 N–H and O–H groups in total. The summed E-state index contributed by atoms with van der Waals surface area (Å²) in [6.07, 6.45) is -0.685. The van der Waals surface area contributed by atoms with Crippen LogP contribution < -0.4 is 0 Å². The van der Waals surface area contributed by atoms with E-state index in [1.165, 1.54) is 0 Å². The quantitative estimate of drug-likeness (QED) is 0.875. The van der Waals surface area contributed by atoms with E-state index in [0.717, 1.165) is 10.4 Å². The van der Waals surface area contributed by atoms with Crippen LogP contribution in [0.25, 0.3) is 0 Å². The van der Waals surface area contributed by atoms with Gasteiger partial charge in [0.2, 0.25) is 0 Å². The van der Waals surface area contributed by atoms with E-state index in [2.05, 4.69) is 20.8 Å². The lowest BCUT2D eigenvalue weighted by atomic mass is 9.84. The maximum absolute atomic E-state index is 10.4. The number of aryl methyl sites for hydroxylation is 1. The molecule has 0 amide bonds. The van der Waals surface area contributed by atoms with Crippen LogP contribution in [-0.4, -0.2) is 17.8 Å². The molecule has 0 spiro atoms. The average Bonchev–Trinajstić information content (AvgIpc) is 2.58. The number of rotatable bonds is 4. The van der Waals surface area contributed by atoms with Crippen LogP contribution in [0.3, 0.4) is 0 Å². The smallest absolute Gasteiger partial charge is 0.115 e. The van der Waals surface area contributed by atoms with Gasteiger partial charge in [0.25, 0.3) is 0 Å². The molecule has 2 nitrogen and oxygen atoms in total. The number of thiophene rings is 1. The van der Waals surface area contributed by atoms with Gasteiger partial charge in [0.05, 0.1) is 6.10 Å². The van der Waals surface area contributed by atoms with Crippen LogP contribution in [0.5, 0.6) is 0 Å². The van der Waals surface area contributed by atoms with Gasteiger partial charge in [-0.15, -0.1) is 11.3 Å². The Morgan fingerprint density at radius 1 is 1.44 bits per heavy atom. The molecule has 1 heterocycles. The van der Waals surface area contributed by atoms with Crippen molar-refractivity contribution in [3.63, 3.8) is 0 Å². The predicted octanol–water partition coefficient (Wildman–Crippen LogP) is 3.54. The molecule has 1 rings (SSSR count). The molecule has 2 atom stereocenters. The fourth-order valence-corrected chi connectivity index (χ4v) is 2.75. The van der Waals surface area contributed by atoms with E-state index in [1.54, 1.807) is 11.3 Å². The third-order valence-corrected chi connectivity index (χ3v) is 3.75. The van der Waals surface area contributed by atoms with Crippen LogP contribution in [-0.2, 0) is 4.74 Å². The van der Waals surface area contributed by atoms with Crippen molar-refractivity contribution in [2.24, 2.45) is 5.41 Å². The van der Waals surface area contributed by atoms with Crippen molar-refractivity contribution in [1.29, 1.82) is 0 Å². The molecule has 0 aliphatic rings. The first kappa shape index (κ1) is 13.7. The van der Waals surface area contributed by atoms with Crippen LogP contribution in [0.15, 0.2) is 11.4 Å². The maximum atomic E-state index is 10.4. The standard InChI is InChI=1S/C13H22O2S/c1-6-15-12(13(3,4)5)10(14)11-9(2)7-8-16-11/h7-8,10,12,14H,6H2,1-5H3. The minimum absolute atomic E-state index is 0.0636. The van der Waals surface area contributed by atoms with Crippen molar-refractivity contribution in [1.82, 2.24) is 0 Å². The number of hydrogen-bond acceptors (Lipinski definition) is 3. The predicted molar refractivity (Wildman–Crippen MR) is 68.9 cm³/mol. The Kier molecular flexibility index (Phi) is 4.53. The highest BCUT2D eigenvalue weighted by Gasteiger charge is 2.33. The summed E-state index contributed by atoms with van der Waals surface area (Å²) in [5, 5.41) is 12.4. The normalized spacial score (nSPS) is 16.1. The number of aliphatic hydroxyl groups excluding tert-OH is 1. The minimum atomic E-state index is -0.528. The highest BCUT2D eigenvalue weighted by Crippen LogP contribution is 2.36. The highest BCUT2D eigenvalue weighted by molar-refractivity contribution is 7.10. The molecular weight excluding hydrogens is 220 g/mol. The molecule has 0 aliphatic heterocycles. The van der Waals surface area contributed by atoms with Gasteiger partial charge in [0.1, 0.15) is 6.10 Å². The molecule has 0 bridgehead atoms. The topological polar surface area (TPSA) is 29.5 Å². The molecule has 1 aromatic rings. The van der Waals surface area contributed by atoms with Crippen molar-refractivity contribution in [2.45, 2.75) is 46.8 Å². The zero-order chi connectivity index (χ0) is 12.3. The second-order valence-electron chi connectivity index (χ2n) is 5.15. The van der Waals surface area contributed by atoms with Crippen molar-refractivity contribution in [2.75, 3.05) is 6.61 Å². The zero-order valence-electron chi connectivity index (χ0n) is 10.8. The second kappa shape index (κ2) is 5.30. The Bertz CT molecular complexity index is 325. The third-order valence-electron chi connectivity index (χ3n) is 2.66. The molecule has 0 aliphatic carbocycles. The van der Waals surface area contributed by atoms with Crippen molar-refractivity contribution < 1.29 is 9.84 Å². The molecule has 2 unspecified atom stereocenters. The van der Waals surface area contributed by atoms with E-state index < -0.39 is 6.10 Å². The van der Waals surface area contributed by atoms with Gasteiger partial charge in [-0.25, -0.2) is 0 Å². The summed E-state index contributed by atoms with van der Waals surface area (Å²) in [7, 11) is 0. The number of hydrogen-bond donors (Lipinski definition) is 1. The molecule has 92 valence electrons. The Balaban J connectivity index is 2.92. The maximum Gasteiger partial charge on any atom is 0.115 e. The minimum Gasteiger partial charge on any atom is -0.385 e. The fraction of sp³-hybridized carbons (Fsp3) is 0.692. The highest BCUT2D eigenvalue weighted by atomic mass is 32.1. The molecule has 0 saturated heterocycles. The zero-order valence-corrected chi connectivity index (χ0v) is 11.6. The third kappa shape index (κ3) is 3.06. The van der Waals surface area contributed by atoms with Crippen LogP contribution >= 0.6 is 11.3 Å². The molecular formula is C13H22O2S. The second-order valence-corrected chi connectivity index (χ2v) is 6.10. The SMILES string of the molecule is CCOC(C(O)c1sccc1C)C(C)(C)C. The van der Waals surface area contributed by atoms with Crippen molar-refractivity contribution in [3.05, 3.63) is 21.9 Å². The van der Waals surface area contributed by atoms with Gasteiger partial charge in [0.15, 0.2) is 0 Å². The van der Waals surface area contributed by atoms with Crippen LogP contribution in [0.1, 0.15) is 44.2 Å². The van der Waals surface area contributed by atoms with Gasteiger partial charge in [-0.2, -0.15) is 0 Å². The van der Waals surface area contributed by atoms with E-state index >= 15 is 0 Å². The first-order valence-electron chi connectivity index (χ1n) is 5.71. The summed E-state index contributed by atoms with van der Waals surface area (Å²) in [5.41, 5.74) is 1.08. The number of aliphatic hydroxyl groups is 1. The first-order valence-corrected chi connectivity index (χ1v) is 6.59. The lowest BCUT2D eigenvalue weighted by Crippen LogP contribution is -2.35. The van der Waals surface area contributed by atoms with Gasteiger partial charge in [0, 0.05) is 11.5 Å². The molecule has 0 fully saturated rings. The molecule has 16 heavy (non-hydrogen) atoms. The van der Waals surface area contributed by atoms with E-state index in [-0.39, 0.29) is 11.5 Å². The lowest BCUT2D eigenvalue weighted by molar-refractivity contribution is -0.0888. The summed E-state index contributed by atoms with van der Waals surface area (Å²) in [4.78, 5) is 1.02. The molecule has 0 saturated carbocycles. The number of ether oxygens (including phenoxy) is 1. The van der Waals surface area contributed by atoms with E-state index in [4.69, 9.17) is 4.74 Å². The fourth-order valence-electron chi connectivity index (χ4n) is 1.82. The first-order chi connectivity index (χ1) is 7.38. The summed E-state index contributed by atoms with van der Waals surface area (Å²) in [5.74, 6) is 0. The van der Waals surface area contributed by atoms with Gasteiger partial charge >= 0.3 is 0 Å². The molecule has 3 heteroatoms. The summed E-state index contributed by atoms with van der Waals surface area (Å²) in [6.45, 7) is 10.9. The molecule has 0 aromatic carbocycles. The Labute approximate surface area is 102 Å². The van der Waals surface area contributed by atoms with Crippen LogP contribution in [0.4, 0.5) is 0 Å². The Morgan fingerprint density at radius 3 is 2.44 bits per heavy atom. The van der Waals surface area contributed by atoms with Crippen LogP contribution in [0, 0.1) is 12.3 Å². The van der Waals surface area contributed by atoms with Crippen molar-refractivity contribution >= 4 is 11.3 Å². The summed E-state index contributed by atoms with van der Waals surface area (Å²) < 4.78 is 5.70. The largest absolute Gasteiger partial charge is 0.385 e. The van der Waals surface area contributed by atoms with Gasteiger partial charge in [-0.3, -0.25) is 0 Å². The monoisotopic (exact) mass is 242 g/mol. The van der Waals surface area contributed by atoms with Gasteiger partial charge in [-0.05, 0) is 36.3 Å². The van der Waals surface area contributed by atoms with Crippen LogP contribution in [0.2, 0.25) is 0 Å². The molecule has 1 aromatic heterocycles. The van der Waals surface area contributed by atoms with E-state index in [0.29, 0.717) is 6.61 Å². The average molecular weight is 242 g/mol. The van der Waals surface area contributed by atoms with Gasteiger partial charge < -0.3 is 9.84 Å². The van der Waals surface area contributed by atoms with Crippen molar-refractivity contribution in [3.8, 4) is 0 Å².